The molecule has 0 aliphatic heterocycles. The van der Waals surface area contributed by atoms with Crippen molar-refractivity contribution in [1.29, 1.82) is 0 Å². The van der Waals surface area contributed by atoms with Crippen molar-refractivity contribution in [3.8, 4) is 0 Å². The molecular weight excluding hydrogens is 371 g/mol. The maximum Gasteiger partial charge on any atom is 0.469 e. The van der Waals surface area contributed by atoms with Crippen molar-refractivity contribution in [2.45, 2.75) is 6.54 Å². The molecule has 2 aromatic rings. The number of hydrogen-bond donors (Lipinski definition) is 2. The van der Waals surface area contributed by atoms with Gasteiger partial charge >= 0.3 is 13.5 Å². The Balaban J connectivity index is 2.55. The molecular formula is C9H12BrN4O6P. The van der Waals surface area contributed by atoms with Gasteiger partial charge in [0.15, 0.2) is 15.9 Å². The molecule has 0 radical (unpaired) electrons. The van der Waals surface area contributed by atoms with Gasteiger partial charge in [0.05, 0.1) is 13.2 Å². The van der Waals surface area contributed by atoms with E-state index in [1.54, 1.807) is 7.05 Å². The van der Waals surface area contributed by atoms with E-state index in [9.17, 15) is 14.2 Å². The summed E-state index contributed by atoms with van der Waals surface area (Å²) in [6.07, 6.45) is 0. The van der Waals surface area contributed by atoms with Gasteiger partial charge in [0, 0.05) is 14.1 Å². The summed E-state index contributed by atoms with van der Waals surface area (Å²) in [5.41, 5.74) is -0.845. The molecule has 21 heavy (non-hydrogen) atoms. The van der Waals surface area contributed by atoms with Gasteiger partial charge in [-0.05, 0) is 15.9 Å². The monoisotopic (exact) mass is 382 g/mol. The Labute approximate surface area is 126 Å². The predicted octanol–water partition coefficient (Wildman–Crippen LogP) is -0.695. The summed E-state index contributed by atoms with van der Waals surface area (Å²) in [4.78, 5) is 45.7. The Hall–Kier alpha value is -1.26. The molecule has 0 spiro atoms. The quantitative estimate of drug-likeness (QED) is 0.528. The maximum atomic E-state index is 12.3. The highest BCUT2D eigenvalue weighted by Gasteiger charge is 2.18. The molecule has 2 heterocycles. The number of hydrogen-bond acceptors (Lipinski definition) is 5. The van der Waals surface area contributed by atoms with Gasteiger partial charge in [0.2, 0.25) is 0 Å². The number of phosphoric acid groups is 1. The lowest BCUT2D eigenvalue weighted by Crippen LogP contribution is -2.40. The highest BCUT2D eigenvalue weighted by molar-refractivity contribution is 9.10. The first-order valence-electron chi connectivity index (χ1n) is 5.65. The second-order valence-corrected chi connectivity index (χ2v) is 6.18. The first kappa shape index (κ1) is 16.1. The van der Waals surface area contributed by atoms with Crippen LogP contribution in [0.4, 0.5) is 0 Å². The van der Waals surface area contributed by atoms with Crippen LogP contribution in [0.15, 0.2) is 14.3 Å². The zero-order chi connectivity index (χ0) is 15.9. The molecule has 2 N–H and O–H groups in total. The third-order valence-corrected chi connectivity index (χ3v) is 4.11. The summed E-state index contributed by atoms with van der Waals surface area (Å²) < 4.78 is 18.7. The number of nitrogens with zero attached hydrogens (tertiary/aromatic N) is 4. The lowest BCUT2D eigenvalue weighted by molar-refractivity contribution is 0.188. The Kier molecular flexibility index (Phi) is 4.22. The van der Waals surface area contributed by atoms with Gasteiger partial charge in [-0.3, -0.25) is 18.5 Å². The van der Waals surface area contributed by atoms with Crippen LogP contribution in [0.25, 0.3) is 11.2 Å². The molecule has 2 aromatic heterocycles. The van der Waals surface area contributed by atoms with E-state index in [-0.39, 0.29) is 17.7 Å². The van der Waals surface area contributed by atoms with E-state index in [0.717, 1.165) is 4.57 Å². The SMILES string of the molecule is Cn1c(Br)nc2c1c(=O)n(CCOP(=O)(O)O)c(=O)n2C. The number of aromatic nitrogens is 4. The van der Waals surface area contributed by atoms with Gasteiger partial charge in [-0.15, -0.1) is 0 Å². The van der Waals surface area contributed by atoms with Crippen LogP contribution in [-0.4, -0.2) is 35.1 Å². The van der Waals surface area contributed by atoms with Gasteiger partial charge < -0.3 is 14.4 Å². The van der Waals surface area contributed by atoms with Gasteiger partial charge in [0.1, 0.15) is 0 Å². The zero-order valence-electron chi connectivity index (χ0n) is 11.1. The minimum atomic E-state index is -4.65. The van der Waals surface area contributed by atoms with Crippen LogP contribution in [0.2, 0.25) is 0 Å². The average Bonchev–Trinajstić information content (AvgIpc) is 2.66. The molecule has 116 valence electrons. The van der Waals surface area contributed by atoms with Gasteiger partial charge in [-0.2, -0.15) is 0 Å². The third-order valence-electron chi connectivity index (χ3n) is 2.88. The Morgan fingerprint density at radius 3 is 2.48 bits per heavy atom. The highest BCUT2D eigenvalue weighted by Crippen LogP contribution is 2.35. The number of rotatable bonds is 4. The molecule has 0 bridgehead atoms. The molecule has 12 heteroatoms. The topological polar surface area (TPSA) is 129 Å². The summed E-state index contributed by atoms with van der Waals surface area (Å²) in [7, 11) is -1.60. The fourth-order valence-corrected chi connectivity index (χ4v) is 2.53. The van der Waals surface area contributed by atoms with Crippen molar-refractivity contribution in [3.63, 3.8) is 0 Å². The number of phosphoric ester groups is 1. The van der Waals surface area contributed by atoms with Gasteiger partial charge in [-0.25, -0.2) is 14.3 Å². The van der Waals surface area contributed by atoms with Crippen LogP contribution in [-0.2, 0) is 29.7 Å². The van der Waals surface area contributed by atoms with Crippen LogP contribution in [0.1, 0.15) is 0 Å². The number of halogens is 1. The molecule has 0 amide bonds. The maximum absolute atomic E-state index is 12.3. The van der Waals surface area contributed by atoms with Crippen molar-refractivity contribution < 1.29 is 18.9 Å². The fraction of sp³-hybridized carbons (Fsp3) is 0.444. The minimum absolute atomic E-state index is 0.195. The van der Waals surface area contributed by atoms with Crippen molar-refractivity contribution >= 4 is 34.9 Å². The molecule has 0 saturated carbocycles. The van der Waals surface area contributed by atoms with Crippen LogP contribution in [0, 0.1) is 0 Å². The standard InChI is InChI=1S/C9H12BrN4O6P/c1-12-5-6(11-8(12)10)13(2)9(16)14(7(5)15)3-4-20-21(17,18)19/h3-4H2,1-2H3,(H2,17,18,19). The van der Waals surface area contributed by atoms with Crippen molar-refractivity contribution in [2.75, 3.05) is 6.61 Å². The van der Waals surface area contributed by atoms with E-state index in [0.29, 0.717) is 4.73 Å². The number of aryl methyl sites for hydroxylation is 2. The molecule has 0 fully saturated rings. The third kappa shape index (κ3) is 3.01. The number of imidazole rings is 1. The molecule has 0 unspecified atom stereocenters. The molecule has 2 rings (SSSR count). The normalized spacial score (nSPS) is 12.2. The average molecular weight is 383 g/mol. The van der Waals surface area contributed by atoms with Crippen molar-refractivity contribution in [1.82, 2.24) is 18.7 Å². The summed E-state index contributed by atoms with van der Waals surface area (Å²) in [6.45, 7) is -0.751. The van der Waals surface area contributed by atoms with Crippen LogP contribution in [0.3, 0.4) is 0 Å². The molecule has 0 saturated heterocycles. The summed E-state index contributed by atoms with van der Waals surface area (Å²) in [5.74, 6) is 0. The molecule has 0 atom stereocenters. The first-order valence-corrected chi connectivity index (χ1v) is 7.97. The van der Waals surface area contributed by atoms with Crippen LogP contribution < -0.4 is 11.2 Å². The van der Waals surface area contributed by atoms with E-state index in [2.05, 4.69) is 25.4 Å². The first-order chi connectivity index (χ1) is 9.63. The minimum Gasteiger partial charge on any atom is -0.316 e. The van der Waals surface area contributed by atoms with Crippen molar-refractivity contribution in [3.05, 3.63) is 25.6 Å². The van der Waals surface area contributed by atoms with E-state index < -0.39 is 25.7 Å². The van der Waals surface area contributed by atoms with Crippen LogP contribution in [0.5, 0.6) is 0 Å². The van der Waals surface area contributed by atoms with Crippen LogP contribution >= 0.6 is 23.8 Å². The largest absolute Gasteiger partial charge is 0.469 e. The predicted molar refractivity (Wildman–Crippen MR) is 75.9 cm³/mol. The summed E-state index contributed by atoms with van der Waals surface area (Å²) >= 11 is 3.17. The molecule has 0 aliphatic carbocycles. The molecule has 0 aromatic carbocycles. The second-order valence-electron chi connectivity index (χ2n) is 4.23. The lowest BCUT2D eigenvalue weighted by Gasteiger charge is -2.09. The van der Waals surface area contributed by atoms with E-state index in [1.807, 2.05) is 0 Å². The molecule has 10 nitrogen and oxygen atoms in total. The highest BCUT2D eigenvalue weighted by atomic mass is 79.9. The summed E-state index contributed by atoms with van der Waals surface area (Å²) in [6, 6.07) is 0. The fourth-order valence-electron chi connectivity index (χ4n) is 1.87. The molecule has 0 aliphatic rings. The smallest absolute Gasteiger partial charge is 0.316 e. The van der Waals surface area contributed by atoms with Crippen molar-refractivity contribution in [2.24, 2.45) is 14.1 Å². The van der Waals surface area contributed by atoms with Gasteiger partial charge in [-0.1, -0.05) is 0 Å². The van der Waals surface area contributed by atoms with E-state index >= 15 is 0 Å². The van der Waals surface area contributed by atoms with E-state index in [4.69, 9.17) is 9.79 Å². The number of fused-ring (bicyclic) bond motifs is 1. The Morgan fingerprint density at radius 2 is 1.90 bits per heavy atom. The van der Waals surface area contributed by atoms with Gasteiger partial charge in [0.25, 0.3) is 5.56 Å². The summed E-state index contributed by atoms with van der Waals surface area (Å²) in [5, 5.41) is 0. The van der Waals surface area contributed by atoms with E-state index in [1.165, 1.54) is 16.2 Å². The Bertz CT molecular complexity index is 862. The second kappa shape index (κ2) is 5.50. The zero-order valence-corrected chi connectivity index (χ0v) is 13.5. The Morgan fingerprint density at radius 1 is 1.29 bits per heavy atom. The lowest BCUT2D eigenvalue weighted by atomic mass is 10.5.